The van der Waals surface area contributed by atoms with Gasteiger partial charge in [0.1, 0.15) is 0 Å². The Labute approximate surface area is 73.7 Å². The van der Waals surface area contributed by atoms with E-state index in [0.717, 1.165) is 6.42 Å². The molecule has 0 amide bonds. The van der Waals surface area contributed by atoms with Crippen LogP contribution >= 0.6 is 0 Å². The largest absolute Gasteiger partial charge is 0.469 e. The van der Waals surface area contributed by atoms with Crippen molar-refractivity contribution < 1.29 is 14.6 Å². The molecule has 0 aliphatic rings. The number of hydrogen-bond donors (Lipinski definition) is 1. The second-order valence-electron chi connectivity index (χ2n) is 3.23. The first kappa shape index (κ1) is 11.4. The maximum atomic E-state index is 11.3. The lowest BCUT2D eigenvalue weighted by Crippen LogP contribution is -2.28. The van der Waals surface area contributed by atoms with Crippen LogP contribution in [0.25, 0.3) is 0 Å². The monoisotopic (exact) mass is 174 g/mol. The summed E-state index contributed by atoms with van der Waals surface area (Å²) in [5, 5.41) is 8.63. The molecule has 3 nitrogen and oxygen atoms in total. The predicted molar refractivity (Wildman–Crippen MR) is 46.7 cm³/mol. The molecule has 0 saturated heterocycles. The maximum Gasteiger partial charge on any atom is 0.311 e. The topological polar surface area (TPSA) is 46.5 Å². The maximum absolute atomic E-state index is 11.3. The SMILES string of the molecule is CCC(C)(CCCO)C(=O)OC. The Kier molecular flexibility index (Phi) is 4.90. The van der Waals surface area contributed by atoms with E-state index >= 15 is 0 Å². The fourth-order valence-corrected chi connectivity index (χ4v) is 1.14. The van der Waals surface area contributed by atoms with Crippen LogP contribution in [0.4, 0.5) is 0 Å². The summed E-state index contributed by atoms with van der Waals surface area (Å²) in [6.07, 6.45) is 2.09. The number of aliphatic hydroxyl groups is 1. The van der Waals surface area contributed by atoms with Crippen LogP contribution in [0.3, 0.4) is 0 Å². The molecular weight excluding hydrogens is 156 g/mol. The van der Waals surface area contributed by atoms with Crippen molar-refractivity contribution in [3.05, 3.63) is 0 Å². The standard InChI is InChI=1S/C9H18O3/c1-4-9(2,6-5-7-10)8(11)12-3/h10H,4-7H2,1-3H3. The molecule has 0 heterocycles. The lowest BCUT2D eigenvalue weighted by Gasteiger charge is -2.24. The summed E-state index contributed by atoms with van der Waals surface area (Å²) in [4.78, 5) is 11.3. The summed E-state index contributed by atoms with van der Waals surface area (Å²) < 4.78 is 4.68. The molecule has 0 aliphatic heterocycles. The van der Waals surface area contributed by atoms with Gasteiger partial charge >= 0.3 is 5.97 Å². The summed E-state index contributed by atoms with van der Waals surface area (Å²) in [6, 6.07) is 0. The van der Waals surface area contributed by atoms with E-state index in [1.165, 1.54) is 7.11 Å². The van der Waals surface area contributed by atoms with Crippen molar-refractivity contribution in [2.45, 2.75) is 33.1 Å². The molecule has 12 heavy (non-hydrogen) atoms. The van der Waals surface area contributed by atoms with Crippen LogP contribution < -0.4 is 0 Å². The van der Waals surface area contributed by atoms with Crippen molar-refractivity contribution in [3.63, 3.8) is 0 Å². The highest BCUT2D eigenvalue weighted by Crippen LogP contribution is 2.28. The number of rotatable bonds is 5. The molecule has 72 valence electrons. The first-order valence-corrected chi connectivity index (χ1v) is 4.30. The third-order valence-electron chi connectivity index (χ3n) is 2.35. The number of hydrogen-bond acceptors (Lipinski definition) is 3. The normalized spacial score (nSPS) is 15.3. The van der Waals surface area contributed by atoms with Gasteiger partial charge in [-0.1, -0.05) is 6.92 Å². The van der Waals surface area contributed by atoms with E-state index in [2.05, 4.69) is 4.74 Å². The third kappa shape index (κ3) is 2.81. The van der Waals surface area contributed by atoms with Gasteiger partial charge < -0.3 is 9.84 Å². The van der Waals surface area contributed by atoms with Crippen molar-refractivity contribution in [2.75, 3.05) is 13.7 Å². The van der Waals surface area contributed by atoms with Crippen LogP contribution in [0.1, 0.15) is 33.1 Å². The summed E-state index contributed by atoms with van der Waals surface area (Å²) in [7, 11) is 1.40. The van der Waals surface area contributed by atoms with E-state index in [1.807, 2.05) is 13.8 Å². The summed E-state index contributed by atoms with van der Waals surface area (Å²) in [5.74, 6) is -0.182. The van der Waals surface area contributed by atoms with Gasteiger partial charge in [0.15, 0.2) is 0 Å². The Bertz CT molecular complexity index is 145. The predicted octanol–water partition coefficient (Wildman–Crippen LogP) is 1.35. The second kappa shape index (κ2) is 5.14. The van der Waals surface area contributed by atoms with Crippen LogP contribution in [0, 0.1) is 5.41 Å². The minimum atomic E-state index is -0.419. The Morgan fingerprint density at radius 2 is 2.17 bits per heavy atom. The Morgan fingerprint density at radius 3 is 2.50 bits per heavy atom. The Morgan fingerprint density at radius 1 is 1.58 bits per heavy atom. The minimum Gasteiger partial charge on any atom is -0.469 e. The van der Waals surface area contributed by atoms with E-state index in [4.69, 9.17) is 5.11 Å². The first-order chi connectivity index (χ1) is 5.60. The molecule has 0 aliphatic carbocycles. The smallest absolute Gasteiger partial charge is 0.311 e. The molecular formula is C9H18O3. The van der Waals surface area contributed by atoms with Gasteiger partial charge in [-0.2, -0.15) is 0 Å². The zero-order valence-electron chi connectivity index (χ0n) is 8.09. The van der Waals surface area contributed by atoms with Gasteiger partial charge in [-0.3, -0.25) is 4.79 Å². The van der Waals surface area contributed by atoms with Crippen molar-refractivity contribution in [1.82, 2.24) is 0 Å². The first-order valence-electron chi connectivity index (χ1n) is 4.30. The second-order valence-corrected chi connectivity index (χ2v) is 3.23. The highest BCUT2D eigenvalue weighted by molar-refractivity contribution is 5.76. The molecule has 0 saturated carbocycles. The van der Waals surface area contributed by atoms with E-state index < -0.39 is 5.41 Å². The van der Waals surface area contributed by atoms with Crippen LogP contribution in [0.2, 0.25) is 0 Å². The fourth-order valence-electron chi connectivity index (χ4n) is 1.14. The fraction of sp³-hybridized carbons (Fsp3) is 0.889. The van der Waals surface area contributed by atoms with Crippen LogP contribution in [0.5, 0.6) is 0 Å². The van der Waals surface area contributed by atoms with E-state index in [-0.39, 0.29) is 12.6 Å². The molecule has 1 N–H and O–H groups in total. The molecule has 0 aromatic heterocycles. The van der Waals surface area contributed by atoms with Gasteiger partial charge in [0.05, 0.1) is 12.5 Å². The van der Waals surface area contributed by atoms with Gasteiger partial charge in [0.2, 0.25) is 0 Å². The van der Waals surface area contributed by atoms with Crippen LogP contribution in [-0.4, -0.2) is 24.8 Å². The van der Waals surface area contributed by atoms with Crippen molar-refractivity contribution in [3.8, 4) is 0 Å². The highest BCUT2D eigenvalue weighted by Gasteiger charge is 2.31. The lowest BCUT2D eigenvalue weighted by atomic mass is 9.83. The molecule has 0 rings (SSSR count). The number of carbonyl (C=O) groups is 1. The molecule has 3 heteroatoms. The van der Waals surface area contributed by atoms with Crippen molar-refractivity contribution >= 4 is 5.97 Å². The number of carbonyl (C=O) groups excluding carboxylic acids is 1. The Hall–Kier alpha value is -0.570. The van der Waals surface area contributed by atoms with Gasteiger partial charge in [-0.25, -0.2) is 0 Å². The van der Waals surface area contributed by atoms with Gasteiger partial charge in [0.25, 0.3) is 0 Å². The van der Waals surface area contributed by atoms with Crippen molar-refractivity contribution in [1.29, 1.82) is 0 Å². The molecule has 1 atom stereocenters. The Balaban J connectivity index is 4.13. The zero-order chi connectivity index (χ0) is 9.61. The average Bonchev–Trinajstić information content (AvgIpc) is 2.12. The molecule has 0 spiro atoms. The van der Waals surface area contributed by atoms with Gasteiger partial charge in [-0.15, -0.1) is 0 Å². The summed E-state index contributed by atoms with van der Waals surface area (Å²) in [5.41, 5.74) is -0.419. The van der Waals surface area contributed by atoms with Crippen molar-refractivity contribution in [2.24, 2.45) is 5.41 Å². The molecule has 0 aromatic carbocycles. The quantitative estimate of drug-likeness (QED) is 0.640. The lowest BCUT2D eigenvalue weighted by molar-refractivity contribution is -0.152. The van der Waals surface area contributed by atoms with Crippen LogP contribution in [-0.2, 0) is 9.53 Å². The molecule has 0 bridgehead atoms. The molecule has 0 radical (unpaired) electrons. The number of methoxy groups -OCH3 is 1. The minimum absolute atomic E-state index is 0.132. The zero-order valence-corrected chi connectivity index (χ0v) is 8.09. The average molecular weight is 174 g/mol. The third-order valence-corrected chi connectivity index (χ3v) is 2.35. The van der Waals surface area contributed by atoms with Gasteiger partial charge in [-0.05, 0) is 26.2 Å². The molecule has 0 aromatic rings. The summed E-state index contributed by atoms with van der Waals surface area (Å²) in [6.45, 7) is 3.95. The number of ether oxygens (including phenoxy) is 1. The van der Waals surface area contributed by atoms with Crippen LogP contribution in [0.15, 0.2) is 0 Å². The van der Waals surface area contributed by atoms with E-state index in [1.54, 1.807) is 0 Å². The molecule has 1 unspecified atom stereocenters. The number of aliphatic hydroxyl groups excluding tert-OH is 1. The molecule has 0 fully saturated rings. The summed E-state index contributed by atoms with van der Waals surface area (Å²) >= 11 is 0. The number of esters is 1. The van der Waals surface area contributed by atoms with E-state index in [0.29, 0.717) is 12.8 Å². The van der Waals surface area contributed by atoms with E-state index in [9.17, 15) is 4.79 Å². The van der Waals surface area contributed by atoms with Gasteiger partial charge in [0, 0.05) is 6.61 Å². The highest BCUT2D eigenvalue weighted by atomic mass is 16.5.